The molecule has 35 heavy (non-hydrogen) atoms. The molecule has 0 bridgehead atoms. The van der Waals surface area contributed by atoms with Gasteiger partial charge in [-0.1, -0.05) is 0 Å². The molecule has 0 spiro atoms. The SMILES string of the molecule is CC1(NC(=O)OC2CCC(c3cc(NC4=NC=CN5N=C(COC6CCOC6)CC45)n[nH]3)C2)CC1. The fourth-order valence-electron chi connectivity index (χ4n) is 5.09. The third-order valence-corrected chi connectivity index (χ3v) is 7.48. The lowest BCUT2D eigenvalue weighted by molar-refractivity contribution is 0.0656. The zero-order valence-corrected chi connectivity index (χ0v) is 20.0. The molecule has 3 fully saturated rings. The first kappa shape index (κ1) is 22.5. The number of carbonyl (C=O) groups is 1. The number of amidine groups is 1. The molecule has 1 amide bonds. The number of H-pyrrole nitrogens is 1. The van der Waals surface area contributed by atoms with Gasteiger partial charge in [0.2, 0.25) is 0 Å². The molecule has 1 saturated heterocycles. The van der Waals surface area contributed by atoms with Gasteiger partial charge in [-0.25, -0.2) is 9.79 Å². The molecule has 2 saturated carbocycles. The number of carbonyl (C=O) groups excluding carboxylic acids is 1. The molecule has 3 N–H and O–H groups in total. The summed E-state index contributed by atoms with van der Waals surface area (Å²) in [6.07, 6.45) is 9.80. The summed E-state index contributed by atoms with van der Waals surface area (Å²) in [7, 11) is 0. The molecule has 0 radical (unpaired) electrons. The maximum absolute atomic E-state index is 12.1. The Kier molecular flexibility index (Phi) is 5.97. The van der Waals surface area contributed by atoms with Crippen LogP contribution in [0.4, 0.5) is 10.6 Å². The first-order valence-electron chi connectivity index (χ1n) is 12.6. The molecule has 6 rings (SSSR count). The van der Waals surface area contributed by atoms with Gasteiger partial charge in [-0.3, -0.25) is 10.1 Å². The molecule has 1 aromatic rings. The molecular weight excluding hydrogens is 450 g/mol. The summed E-state index contributed by atoms with van der Waals surface area (Å²) < 4.78 is 17.0. The van der Waals surface area contributed by atoms with Crippen molar-refractivity contribution in [2.45, 2.75) is 81.6 Å². The van der Waals surface area contributed by atoms with Crippen molar-refractivity contribution in [3.8, 4) is 0 Å². The Hall–Kier alpha value is -2.92. The molecule has 188 valence electrons. The number of nitrogens with zero attached hydrogens (tertiary/aromatic N) is 4. The Morgan fingerprint density at radius 1 is 1.31 bits per heavy atom. The van der Waals surface area contributed by atoms with Crippen molar-refractivity contribution in [1.82, 2.24) is 20.5 Å². The predicted octanol–water partition coefficient (Wildman–Crippen LogP) is 2.86. The third-order valence-electron chi connectivity index (χ3n) is 7.48. The number of aromatic nitrogens is 2. The van der Waals surface area contributed by atoms with Crippen LogP contribution in [-0.2, 0) is 14.2 Å². The lowest BCUT2D eigenvalue weighted by Gasteiger charge is -2.24. The minimum atomic E-state index is -0.296. The van der Waals surface area contributed by atoms with Gasteiger partial charge in [0.25, 0.3) is 0 Å². The molecular formula is C24H33N7O4. The summed E-state index contributed by atoms with van der Waals surface area (Å²) in [5.41, 5.74) is 1.99. The van der Waals surface area contributed by atoms with E-state index in [1.165, 1.54) is 0 Å². The molecule has 4 heterocycles. The van der Waals surface area contributed by atoms with Crippen LogP contribution < -0.4 is 10.6 Å². The van der Waals surface area contributed by atoms with Crippen LogP contribution >= 0.6 is 0 Å². The van der Waals surface area contributed by atoms with Crippen molar-refractivity contribution >= 4 is 23.5 Å². The van der Waals surface area contributed by atoms with E-state index in [1.54, 1.807) is 6.20 Å². The number of aromatic amines is 1. The number of alkyl carbamates (subject to hydrolysis) is 1. The number of rotatable bonds is 7. The molecule has 0 aromatic carbocycles. The summed E-state index contributed by atoms with van der Waals surface area (Å²) in [5.74, 6) is 1.83. The highest BCUT2D eigenvalue weighted by Crippen LogP contribution is 2.37. The minimum absolute atomic E-state index is 0.00896. The number of hydrogen-bond acceptors (Lipinski definition) is 9. The minimum Gasteiger partial charge on any atom is -0.446 e. The molecule has 11 heteroatoms. The molecule has 1 aromatic heterocycles. The lowest BCUT2D eigenvalue weighted by Crippen LogP contribution is -2.38. The first-order valence-corrected chi connectivity index (χ1v) is 12.6. The average molecular weight is 484 g/mol. The number of aliphatic imine (C=N–C) groups is 1. The Morgan fingerprint density at radius 2 is 2.23 bits per heavy atom. The summed E-state index contributed by atoms with van der Waals surface area (Å²) in [6.45, 7) is 3.99. The Labute approximate surface area is 204 Å². The van der Waals surface area contributed by atoms with E-state index in [0.717, 1.165) is 74.6 Å². The van der Waals surface area contributed by atoms with Crippen LogP contribution in [0.25, 0.3) is 0 Å². The van der Waals surface area contributed by atoms with E-state index >= 15 is 0 Å². The maximum atomic E-state index is 12.1. The molecule has 5 aliphatic rings. The van der Waals surface area contributed by atoms with Crippen LogP contribution in [0.15, 0.2) is 28.6 Å². The number of amides is 1. The van der Waals surface area contributed by atoms with Crippen LogP contribution in [-0.4, -0.2) is 76.5 Å². The number of fused-ring (bicyclic) bond motifs is 1. The average Bonchev–Trinajstić information content (AvgIpc) is 3.41. The van der Waals surface area contributed by atoms with Gasteiger partial charge >= 0.3 is 6.09 Å². The van der Waals surface area contributed by atoms with E-state index in [0.29, 0.717) is 13.2 Å². The maximum Gasteiger partial charge on any atom is 0.407 e. The number of hydrazone groups is 1. The number of nitrogens with one attached hydrogen (secondary N) is 3. The predicted molar refractivity (Wildman–Crippen MR) is 129 cm³/mol. The molecule has 2 aliphatic carbocycles. The zero-order valence-electron chi connectivity index (χ0n) is 20.0. The summed E-state index contributed by atoms with van der Waals surface area (Å²) in [5, 5.41) is 20.6. The fourth-order valence-corrected chi connectivity index (χ4v) is 5.09. The second kappa shape index (κ2) is 9.27. The van der Waals surface area contributed by atoms with Crippen LogP contribution in [0.1, 0.15) is 63.5 Å². The highest BCUT2D eigenvalue weighted by atomic mass is 16.6. The largest absolute Gasteiger partial charge is 0.446 e. The summed E-state index contributed by atoms with van der Waals surface area (Å²) in [6, 6.07) is 2.04. The number of ether oxygens (including phenoxy) is 3. The van der Waals surface area contributed by atoms with E-state index in [9.17, 15) is 4.79 Å². The van der Waals surface area contributed by atoms with E-state index < -0.39 is 0 Å². The van der Waals surface area contributed by atoms with E-state index in [-0.39, 0.29) is 35.8 Å². The Balaban J connectivity index is 1.00. The van der Waals surface area contributed by atoms with Crippen LogP contribution in [0, 0.1) is 0 Å². The highest BCUT2D eigenvalue weighted by Gasteiger charge is 2.40. The topological polar surface area (TPSA) is 125 Å². The normalized spacial score (nSPS) is 30.6. The molecule has 3 aliphatic heterocycles. The van der Waals surface area contributed by atoms with Gasteiger partial charge in [-0.2, -0.15) is 10.2 Å². The lowest BCUT2D eigenvalue weighted by atomic mass is 10.0. The monoisotopic (exact) mass is 483 g/mol. The van der Waals surface area contributed by atoms with Gasteiger partial charge in [-0.15, -0.1) is 0 Å². The van der Waals surface area contributed by atoms with Gasteiger partial charge in [0, 0.05) is 48.6 Å². The van der Waals surface area contributed by atoms with Crippen molar-refractivity contribution < 1.29 is 19.0 Å². The Bertz CT molecular complexity index is 1040. The third kappa shape index (κ3) is 5.20. The highest BCUT2D eigenvalue weighted by molar-refractivity contribution is 6.04. The van der Waals surface area contributed by atoms with E-state index in [2.05, 4.69) is 32.7 Å². The molecule has 11 nitrogen and oxygen atoms in total. The second-order valence-electron chi connectivity index (χ2n) is 10.4. The van der Waals surface area contributed by atoms with Crippen molar-refractivity contribution in [1.29, 1.82) is 0 Å². The quantitative estimate of drug-likeness (QED) is 0.544. The second-order valence-corrected chi connectivity index (χ2v) is 10.4. The van der Waals surface area contributed by atoms with E-state index in [1.807, 2.05) is 17.3 Å². The van der Waals surface area contributed by atoms with Crippen LogP contribution in [0.5, 0.6) is 0 Å². The van der Waals surface area contributed by atoms with E-state index in [4.69, 9.17) is 19.3 Å². The number of anilines is 1. The van der Waals surface area contributed by atoms with Crippen molar-refractivity contribution in [3.63, 3.8) is 0 Å². The molecule has 4 unspecified atom stereocenters. The van der Waals surface area contributed by atoms with Gasteiger partial charge in [0.05, 0.1) is 25.0 Å². The fraction of sp³-hybridized carbons (Fsp3) is 0.667. The van der Waals surface area contributed by atoms with Crippen molar-refractivity contribution in [2.24, 2.45) is 10.1 Å². The number of hydrogen-bond donors (Lipinski definition) is 3. The van der Waals surface area contributed by atoms with Gasteiger partial charge < -0.3 is 24.8 Å². The first-order chi connectivity index (χ1) is 17.0. The van der Waals surface area contributed by atoms with Gasteiger partial charge in [-0.05, 0) is 45.4 Å². The molecule has 4 atom stereocenters. The van der Waals surface area contributed by atoms with Crippen LogP contribution in [0.2, 0.25) is 0 Å². The summed E-state index contributed by atoms with van der Waals surface area (Å²) >= 11 is 0. The Morgan fingerprint density at radius 3 is 3.06 bits per heavy atom. The smallest absolute Gasteiger partial charge is 0.407 e. The van der Waals surface area contributed by atoms with Gasteiger partial charge in [0.1, 0.15) is 18.0 Å². The summed E-state index contributed by atoms with van der Waals surface area (Å²) in [4.78, 5) is 16.7. The standard InChI is InChI=1S/C24H33N7O4/c1-24(5-6-24)27-23(32)35-17-3-2-15(10-17)19-12-21(29-28-19)26-22-20-11-16(30-31(20)8-7-25-22)13-34-18-4-9-33-14-18/h7-8,12,15,17-18,20H,2-6,9-11,13-14H2,1H3,(H,27,32)(H2,25,26,28,29). The zero-order chi connectivity index (χ0) is 23.8. The van der Waals surface area contributed by atoms with Gasteiger partial charge in [0.15, 0.2) is 5.82 Å². The van der Waals surface area contributed by atoms with Crippen LogP contribution in [0.3, 0.4) is 0 Å². The van der Waals surface area contributed by atoms with Crippen molar-refractivity contribution in [3.05, 3.63) is 24.2 Å². The van der Waals surface area contributed by atoms with Crippen molar-refractivity contribution in [2.75, 3.05) is 25.1 Å².